The molecule has 1 heterocycles. The Morgan fingerprint density at radius 2 is 2.00 bits per heavy atom. The van der Waals surface area contributed by atoms with Crippen molar-refractivity contribution in [2.45, 2.75) is 0 Å². The molecule has 1 amide bonds. The van der Waals surface area contributed by atoms with Gasteiger partial charge in [0.15, 0.2) is 5.69 Å². The molecule has 0 aliphatic rings. The number of benzene rings is 2. The van der Waals surface area contributed by atoms with Gasteiger partial charge in [-0.15, -0.1) is 0 Å². The largest absolute Gasteiger partial charge is 0.320 e. The molecule has 1 aromatic heterocycles. The Labute approximate surface area is 128 Å². The molecular formula is C15H9ClFN3O2. The number of hydrogen-bond donors (Lipinski definition) is 2. The number of H-pyrrole nitrogens is 1. The molecule has 2 aromatic carbocycles. The standard InChI is InChI=1S/C15H9ClFN3O2/c16-11-6-2-5-10-12(11)19-20-13(14(10)21)15(22)18-9-4-1-3-8(17)7-9/h1-7H,(H,18,22)(H,19,21). The fraction of sp³-hybridized carbons (Fsp3) is 0. The van der Waals surface area contributed by atoms with Crippen molar-refractivity contribution in [1.82, 2.24) is 10.2 Å². The van der Waals surface area contributed by atoms with Gasteiger partial charge in [0.2, 0.25) is 5.43 Å². The number of rotatable bonds is 2. The molecule has 0 spiro atoms. The van der Waals surface area contributed by atoms with Gasteiger partial charge in [0.05, 0.1) is 15.9 Å². The van der Waals surface area contributed by atoms with Gasteiger partial charge in [-0.1, -0.05) is 23.7 Å². The second kappa shape index (κ2) is 5.57. The van der Waals surface area contributed by atoms with E-state index in [4.69, 9.17) is 11.6 Å². The van der Waals surface area contributed by atoms with Crippen molar-refractivity contribution in [2.75, 3.05) is 5.32 Å². The highest BCUT2D eigenvalue weighted by molar-refractivity contribution is 6.35. The molecule has 0 atom stereocenters. The molecule has 0 saturated carbocycles. The molecule has 7 heteroatoms. The van der Waals surface area contributed by atoms with E-state index >= 15 is 0 Å². The summed E-state index contributed by atoms with van der Waals surface area (Å²) in [5.74, 6) is -1.22. The van der Waals surface area contributed by atoms with Crippen LogP contribution in [0, 0.1) is 5.82 Å². The zero-order valence-electron chi connectivity index (χ0n) is 11.1. The molecule has 0 radical (unpaired) electrons. The Morgan fingerprint density at radius 3 is 2.77 bits per heavy atom. The Balaban J connectivity index is 2.01. The third kappa shape index (κ3) is 2.56. The SMILES string of the molecule is O=C(Nc1cccc(F)c1)c1n[nH]c2c(Cl)cccc2c1=O. The van der Waals surface area contributed by atoms with Crippen molar-refractivity contribution in [3.8, 4) is 0 Å². The molecule has 0 unspecified atom stereocenters. The van der Waals surface area contributed by atoms with Crippen LogP contribution in [0.1, 0.15) is 10.5 Å². The van der Waals surface area contributed by atoms with Crippen LogP contribution < -0.4 is 10.7 Å². The van der Waals surface area contributed by atoms with E-state index in [0.29, 0.717) is 10.5 Å². The highest BCUT2D eigenvalue weighted by Gasteiger charge is 2.16. The lowest BCUT2D eigenvalue weighted by Crippen LogP contribution is -2.24. The first-order valence-electron chi connectivity index (χ1n) is 6.30. The molecule has 3 rings (SSSR count). The minimum Gasteiger partial charge on any atom is -0.320 e. The van der Waals surface area contributed by atoms with Gasteiger partial charge in [0, 0.05) is 5.69 Å². The molecule has 22 heavy (non-hydrogen) atoms. The maximum Gasteiger partial charge on any atom is 0.280 e. The highest BCUT2D eigenvalue weighted by Crippen LogP contribution is 2.18. The van der Waals surface area contributed by atoms with Gasteiger partial charge in [-0.2, -0.15) is 5.10 Å². The van der Waals surface area contributed by atoms with Crippen LogP contribution in [-0.4, -0.2) is 16.1 Å². The summed E-state index contributed by atoms with van der Waals surface area (Å²) in [6.07, 6.45) is 0. The van der Waals surface area contributed by atoms with Crippen molar-refractivity contribution in [2.24, 2.45) is 0 Å². The summed E-state index contributed by atoms with van der Waals surface area (Å²) in [5.41, 5.74) is -0.280. The van der Waals surface area contributed by atoms with Crippen LogP contribution in [0.15, 0.2) is 47.3 Å². The van der Waals surface area contributed by atoms with Crippen LogP contribution in [0.2, 0.25) is 5.02 Å². The number of nitrogens with one attached hydrogen (secondary N) is 2. The molecule has 5 nitrogen and oxygen atoms in total. The van der Waals surface area contributed by atoms with E-state index in [1.807, 2.05) is 0 Å². The predicted octanol–water partition coefficient (Wildman–Crippen LogP) is 2.97. The second-order valence-corrected chi connectivity index (χ2v) is 4.94. The van der Waals surface area contributed by atoms with E-state index in [2.05, 4.69) is 15.5 Å². The van der Waals surface area contributed by atoms with Gasteiger partial charge < -0.3 is 5.32 Å². The van der Waals surface area contributed by atoms with E-state index in [9.17, 15) is 14.0 Å². The predicted molar refractivity (Wildman–Crippen MR) is 81.7 cm³/mol. The summed E-state index contributed by atoms with van der Waals surface area (Å²) in [7, 11) is 0. The van der Waals surface area contributed by atoms with E-state index in [0.717, 1.165) is 6.07 Å². The molecule has 0 bridgehead atoms. The van der Waals surface area contributed by atoms with Gasteiger partial charge in [-0.05, 0) is 30.3 Å². The van der Waals surface area contributed by atoms with Crippen molar-refractivity contribution in [3.05, 3.63) is 69.2 Å². The zero-order valence-corrected chi connectivity index (χ0v) is 11.8. The van der Waals surface area contributed by atoms with Crippen molar-refractivity contribution < 1.29 is 9.18 Å². The van der Waals surface area contributed by atoms with Gasteiger partial charge in [-0.3, -0.25) is 14.7 Å². The first kappa shape index (κ1) is 14.2. The van der Waals surface area contributed by atoms with Crippen molar-refractivity contribution in [1.29, 1.82) is 0 Å². The minimum absolute atomic E-state index is 0.234. The Morgan fingerprint density at radius 1 is 1.23 bits per heavy atom. The normalized spacial score (nSPS) is 10.6. The summed E-state index contributed by atoms with van der Waals surface area (Å²) in [5, 5.41) is 9.36. The zero-order chi connectivity index (χ0) is 15.7. The maximum atomic E-state index is 13.1. The van der Waals surface area contributed by atoms with Crippen LogP contribution in [-0.2, 0) is 0 Å². The molecule has 110 valence electrons. The molecule has 0 saturated heterocycles. The molecule has 3 aromatic rings. The van der Waals surface area contributed by atoms with Crippen molar-refractivity contribution in [3.63, 3.8) is 0 Å². The lowest BCUT2D eigenvalue weighted by molar-refractivity contribution is 0.102. The average molecular weight is 318 g/mol. The van der Waals surface area contributed by atoms with E-state index < -0.39 is 17.2 Å². The van der Waals surface area contributed by atoms with Crippen LogP contribution >= 0.6 is 11.6 Å². The third-order valence-corrected chi connectivity index (χ3v) is 3.37. The Bertz CT molecular complexity index is 939. The first-order valence-corrected chi connectivity index (χ1v) is 6.68. The number of nitrogens with zero attached hydrogens (tertiary/aromatic N) is 1. The summed E-state index contributed by atoms with van der Waals surface area (Å²) < 4.78 is 13.1. The summed E-state index contributed by atoms with van der Waals surface area (Å²) in [6, 6.07) is 10.1. The summed E-state index contributed by atoms with van der Waals surface area (Å²) in [6.45, 7) is 0. The molecule has 0 fully saturated rings. The number of aromatic amines is 1. The van der Waals surface area contributed by atoms with Gasteiger partial charge in [-0.25, -0.2) is 4.39 Å². The van der Waals surface area contributed by atoms with Gasteiger partial charge in [0.25, 0.3) is 5.91 Å². The fourth-order valence-corrected chi connectivity index (χ4v) is 2.24. The van der Waals surface area contributed by atoms with Crippen LogP contribution in [0.5, 0.6) is 0 Å². The topological polar surface area (TPSA) is 74.8 Å². The number of carbonyl (C=O) groups excluding carboxylic acids is 1. The van der Waals surface area contributed by atoms with E-state index in [1.54, 1.807) is 18.2 Å². The number of amides is 1. The third-order valence-electron chi connectivity index (χ3n) is 3.05. The highest BCUT2D eigenvalue weighted by atomic mass is 35.5. The summed E-state index contributed by atoms with van der Waals surface area (Å²) in [4.78, 5) is 24.4. The monoisotopic (exact) mass is 317 g/mol. The second-order valence-electron chi connectivity index (χ2n) is 4.53. The fourth-order valence-electron chi connectivity index (χ4n) is 2.03. The lowest BCUT2D eigenvalue weighted by atomic mass is 10.2. The molecule has 0 aliphatic carbocycles. The van der Waals surface area contributed by atoms with Crippen LogP contribution in [0.25, 0.3) is 10.9 Å². The minimum atomic E-state index is -0.728. The quantitative estimate of drug-likeness (QED) is 0.763. The maximum absolute atomic E-state index is 13.1. The lowest BCUT2D eigenvalue weighted by Gasteiger charge is -2.05. The first-order chi connectivity index (χ1) is 10.6. The number of halogens is 2. The summed E-state index contributed by atoms with van der Waals surface area (Å²) >= 11 is 5.96. The Hall–Kier alpha value is -2.73. The molecular weight excluding hydrogens is 309 g/mol. The molecule has 0 aliphatic heterocycles. The molecule has 2 N–H and O–H groups in total. The Kier molecular flexibility index (Phi) is 3.60. The number of hydrogen-bond acceptors (Lipinski definition) is 3. The number of carbonyl (C=O) groups is 1. The number of fused-ring (bicyclic) bond motifs is 1. The number of anilines is 1. The van der Waals surface area contributed by atoms with Crippen LogP contribution in [0.4, 0.5) is 10.1 Å². The van der Waals surface area contributed by atoms with E-state index in [1.165, 1.54) is 18.2 Å². The van der Waals surface area contributed by atoms with Crippen molar-refractivity contribution >= 4 is 34.1 Å². The number of para-hydroxylation sites is 1. The van der Waals surface area contributed by atoms with E-state index in [-0.39, 0.29) is 16.8 Å². The van der Waals surface area contributed by atoms with Gasteiger partial charge in [0.1, 0.15) is 5.82 Å². The van der Waals surface area contributed by atoms with Gasteiger partial charge >= 0.3 is 0 Å². The smallest absolute Gasteiger partial charge is 0.280 e. The average Bonchev–Trinajstić information content (AvgIpc) is 2.48. The van der Waals surface area contributed by atoms with Crippen LogP contribution in [0.3, 0.4) is 0 Å². The number of aromatic nitrogens is 2.